The highest BCUT2D eigenvalue weighted by Gasteiger charge is 2.48. The number of anilines is 6. The SMILES string of the molecule is CC1(C)c2ccccc2N(c2ccc3c4ccc(N(c5cccc(-c6ccccc6)c5)c5cccc(-c6ccccc6)c5)cc4c4ccccc4c3c2)c2cc3c(cc21)-c1ccccc1C3(c1ccccc1)c1ccccc1. The first-order valence-electron chi connectivity index (χ1n) is 27.2. The van der Waals surface area contributed by atoms with E-state index in [2.05, 4.69) is 315 Å². The summed E-state index contributed by atoms with van der Waals surface area (Å²) >= 11 is 0. The summed E-state index contributed by atoms with van der Waals surface area (Å²) in [5, 5.41) is 7.35. The molecule has 1 aliphatic heterocycles. The van der Waals surface area contributed by atoms with Crippen LogP contribution in [-0.4, -0.2) is 0 Å². The zero-order chi connectivity index (χ0) is 52.0. The molecule has 0 radical (unpaired) electrons. The van der Waals surface area contributed by atoms with Crippen molar-refractivity contribution in [1.29, 1.82) is 0 Å². The Morgan fingerprint density at radius 1 is 0.282 bits per heavy atom. The number of benzene rings is 13. The van der Waals surface area contributed by atoms with Crippen LogP contribution >= 0.6 is 0 Å². The summed E-state index contributed by atoms with van der Waals surface area (Å²) in [5.74, 6) is 0. The van der Waals surface area contributed by atoms with Gasteiger partial charge < -0.3 is 9.80 Å². The van der Waals surface area contributed by atoms with Crippen LogP contribution in [0.25, 0.3) is 65.7 Å². The third kappa shape index (κ3) is 6.96. The first kappa shape index (κ1) is 45.6. The van der Waals surface area contributed by atoms with Crippen molar-refractivity contribution in [1.82, 2.24) is 0 Å². The minimum atomic E-state index is -0.529. The minimum Gasteiger partial charge on any atom is -0.310 e. The van der Waals surface area contributed by atoms with Crippen LogP contribution in [0, 0.1) is 0 Å². The summed E-state index contributed by atoms with van der Waals surface area (Å²) < 4.78 is 0. The van der Waals surface area contributed by atoms with Gasteiger partial charge >= 0.3 is 0 Å². The third-order valence-corrected chi connectivity index (χ3v) is 17.1. The van der Waals surface area contributed by atoms with Gasteiger partial charge in [-0.3, -0.25) is 0 Å². The molecule has 15 rings (SSSR count). The molecule has 368 valence electrons. The van der Waals surface area contributed by atoms with Crippen molar-refractivity contribution in [3.05, 3.63) is 325 Å². The van der Waals surface area contributed by atoms with Gasteiger partial charge in [0, 0.05) is 28.2 Å². The van der Waals surface area contributed by atoms with Gasteiger partial charge in [0.15, 0.2) is 0 Å². The van der Waals surface area contributed by atoms with Crippen LogP contribution in [0.1, 0.15) is 47.2 Å². The van der Waals surface area contributed by atoms with Crippen LogP contribution in [0.2, 0.25) is 0 Å². The molecule has 0 saturated heterocycles. The van der Waals surface area contributed by atoms with Gasteiger partial charge in [-0.1, -0.05) is 238 Å². The quantitative estimate of drug-likeness (QED) is 0.140. The van der Waals surface area contributed by atoms with Gasteiger partial charge in [0.2, 0.25) is 0 Å². The van der Waals surface area contributed by atoms with Gasteiger partial charge in [-0.25, -0.2) is 0 Å². The lowest BCUT2D eigenvalue weighted by Crippen LogP contribution is -2.32. The molecule has 0 aromatic heterocycles. The highest BCUT2D eigenvalue weighted by Crippen LogP contribution is 2.61. The topological polar surface area (TPSA) is 6.48 Å². The maximum absolute atomic E-state index is 2.56. The zero-order valence-corrected chi connectivity index (χ0v) is 43.6. The van der Waals surface area contributed by atoms with E-state index in [4.69, 9.17) is 0 Å². The lowest BCUT2D eigenvalue weighted by atomic mass is 9.66. The molecule has 1 aliphatic carbocycles. The normalized spacial score (nSPS) is 13.7. The Morgan fingerprint density at radius 3 is 1.37 bits per heavy atom. The first-order valence-corrected chi connectivity index (χ1v) is 27.2. The van der Waals surface area contributed by atoms with Crippen LogP contribution in [0.3, 0.4) is 0 Å². The molecule has 0 spiro atoms. The highest BCUT2D eigenvalue weighted by atomic mass is 15.2. The number of hydrogen-bond donors (Lipinski definition) is 0. The summed E-state index contributed by atoms with van der Waals surface area (Å²) in [6.07, 6.45) is 0. The van der Waals surface area contributed by atoms with E-state index in [-0.39, 0.29) is 5.41 Å². The van der Waals surface area contributed by atoms with E-state index in [9.17, 15) is 0 Å². The molecule has 0 saturated carbocycles. The van der Waals surface area contributed by atoms with Gasteiger partial charge in [-0.05, 0) is 166 Å². The fourth-order valence-corrected chi connectivity index (χ4v) is 13.5. The van der Waals surface area contributed by atoms with Gasteiger partial charge in [-0.2, -0.15) is 0 Å². The molecule has 0 unspecified atom stereocenters. The zero-order valence-electron chi connectivity index (χ0n) is 43.6. The molecular formula is C76H54N2. The Hall–Kier alpha value is -9.76. The molecule has 2 aliphatic rings. The van der Waals surface area contributed by atoms with E-state index in [0.717, 1.165) is 22.7 Å². The van der Waals surface area contributed by atoms with Gasteiger partial charge in [0.05, 0.1) is 16.8 Å². The predicted octanol–water partition coefficient (Wildman–Crippen LogP) is 20.4. The smallest absolute Gasteiger partial charge is 0.0714 e. The van der Waals surface area contributed by atoms with E-state index in [1.54, 1.807) is 0 Å². The van der Waals surface area contributed by atoms with Crippen molar-refractivity contribution < 1.29 is 0 Å². The molecule has 0 fully saturated rings. The fourth-order valence-electron chi connectivity index (χ4n) is 13.5. The highest BCUT2D eigenvalue weighted by molar-refractivity contribution is 6.26. The molecular weight excluding hydrogens is 941 g/mol. The molecule has 1 heterocycles. The lowest BCUT2D eigenvalue weighted by Gasteiger charge is -2.43. The molecule has 13 aromatic rings. The van der Waals surface area contributed by atoms with Gasteiger partial charge in [0.25, 0.3) is 0 Å². The van der Waals surface area contributed by atoms with Crippen molar-refractivity contribution in [3.8, 4) is 33.4 Å². The summed E-state index contributed by atoms with van der Waals surface area (Å²) in [4.78, 5) is 4.99. The van der Waals surface area contributed by atoms with Crippen molar-refractivity contribution in [3.63, 3.8) is 0 Å². The monoisotopic (exact) mass is 994 g/mol. The third-order valence-electron chi connectivity index (χ3n) is 17.1. The summed E-state index contributed by atoms with van der Waals surface area (Å²) in [5.41, 5.74) is 21.1. The summed E-state index contributed by atoms with van der Waals surface area (Å²) in [6.45, 7) is 4.82. The molecule has 0 atom stereocenters. The lowest BCUT2D eigenvalue weighted by molar-refractivity contribution is 0.631. The predicted molar refractivity (Wildman–Crippen MR) is 329 cm³/mol. The Kier molecular flexibility index (Phi) is 10.5. The minimum absolute atomic E-state index is 0.284. The largest absolute Gasteiger partial charge is 0.310 e. The Labute approximate surface area is 456 Å². The second-order valence-corrected chi connectivity index (χ2v) is 21.6. The maximum atomic E-state index is 2.56. The second kappa shape index (κ2) is 17.9. The van der Waals surface area contributed by atoms with E-state index in [1.165, 1.54) is 110 Å². The van der Waals surface area contributed by atoms with Crippen molar-refractivity contribution in [2.45, 2.75) is 24.7 Å². The van der Waals surface area contributed by atoms with Gasteiger partial charge in [0.1, 0.15) is 0 Å². The van der Waals surface area contributed by atoms with Crippen LogP contribution in [-0.2, 0) is 10.8 Å². The number of rotatable bonds is 8. The van der Waals surface area contributed by atoms with E-state index in [1.807, 2.05) is 0 Å². The molecule has 2 nitrogen and oxygen atoms in total. The number of hydrogen-bond acceptors (Lipinski definition) is 2. The number of para-hydroxylation sites is 1. The maximum Gasteiger partial charge on any atom is 0.0714 e. The molecule has 0 amide bonds. The van der Waals surface area contributed by atoms with Crippen LogP contribution in [0.4, 0.5) is 34.1 Å². The van der Waals surface area contributed by atoms with Crippen LogP contribution in [0.15, 0.2) is 291 Å². The molecule has 2 heteroatoms. The average Bonchev–Trinajstić information content (AvgIpc) is 3.85. The molecule has 13 aromatic carbocycles. The number of fused-ring (bicyclic) bond motifs is 11. The van der Waals surface area contributed by atoms with Crippen molar-refractivity contribution >= 4 is 66.4 Å². The summed E-state index contributed by atoms with van der Waals surface area (Å²) in [6, 6.07) is 108. The number of nitrogens with zero attached hydrogens (tertiary/aromatic N) is 2. The van der Waals surface area contributed by atoms with E-state index < -0.39 is 5.41 Å². The fraction of sp³-hybridized carbons (Fsp3) is 0.0526. The average molecular weight is 995 g/mol. The Bertz CT molecular complexity index is 4320. The second-order valence-electron chi connectivity index (χ2n) is 21.6. The molecule has 0 N–H and O–H groups in total. The molecule has 0 bridgehead atoms. The first-order chi connectivity index (χ1) is 38.4. The van der Waals surface area contributed by atoms with E-state index in [0.29, 0.717) is 0 Å². The Balaban J connectivity index is 0.934. The van der Waals surface area contributed by atoms with Crippen LogP contribution < -0.4 is 9.80 Å². The Morgan fingerprint density at radius 2 is 0.756 bits per heavy atom. The van der Waals surface area contributed by atoms with Crippen molar-refractivity contribution in [2.24, 2.45) is 0 Å². The van der Waals surface area contributed by atoms with Gasteiger partial charge in [-0.15, -0.1) is 0 Å². The van der Waals surface area contributed by atoms with Crippen molar-refractivity contribution in [2.75, 3.05) is 9.80 Å². The van der Waals surface area contributed by atoms with Crippen LogP contribution in [0.5, 0.6) is 0 Å². The van der Waals surface area contributed by atoms with E-state index >= 15 is 0 Å². The molecule has 78 heavy (non-hydrogen) atoms. The summed E-state index contributed by atoms with van der Waals surface area (Å²) in [7, 11) is 0. The standard InChI is InChI=1S/C76H54N2/c1-75(2)70-39-19-20-40-73(70)78(74-50-71-68(49-72(74)75)65-37-17-18-38-69(65)76(71,55-29-11-5-12-30-55)56-31-13-6-14-32-56)60-42-44-64-63-43-41-59(47-66(63)61-35-15-16-36-62(61)67(64)48-60)77(57-33-21-27-53(45-57)51-23-7-3-8-24-51)58-34-22-28-54(46-58)52-25-9-4-10-26-52/h3-50H,1-2H3.